The quantitative estimate of drug-likeness (QED) is 0.471. The number of carbonyl (C=O) groups excluding carboxylic acids is 2. The van der Waals surface area contributed by atoms with Crippen LogP contribution in [0.15, 0.2) is 72.8 Å². The van der Waals surface area contributed by atoms with Crippen LogP contribution in [0.2, 0.25) is 10.0 Å². The summed E-state index contributed by atoms with van der Waals surface area (Å²) in [6.45, 7) is -0.0780. The number of anilines is 1. The van der Waals surface area contributed by atoms with Crippen LogP contribution in [0, 0.1) is 12.3 Å². The molecule has 0 aromatic heterocycles. The lowest BCUT2D eigenvalue weighted by atomic mass is 10.1. The van der Waals surface area contributed by atoms with E-state index in [4.69, 9.17) is 34.4 Å². The molecule has 0 radical (unpaired) electrons. The summed E-state index contributed by atoms with van der Waals surface area (Å²) >= 11 is 11.8. The van der Waals surface area contributed by atoms with Gasteiger partial charge in [0.2, 0.25) is 0 Å². The van der Waals surface area contributed by atoms with Crippen molar-refractivity contribution in [3.8, 4) is 12.3 Å². The van der Waals surface area contributed by atoms with E-state index in [-0.39, 0.29) is 12.5 Å². The monoisotopic (exact) mass is 452 g/mol. The predicted molar refractivity (Wildman–Crippen MR) is 122 cm³/mol. The Kier molecular flexibility index (Phi) is 7.55. The van der Waals surface area contributed by atoms with E-state index in [1.807, 2.05) is 30.3 Å². The van der Waals surface area contributed by atoms with E-state index in [9.17, 15) is 9.59 Å². The van der Waals surface area contributed by atoms with Gasteiger partial charge in [-0.05, 0) is 48.0 Å². The fourth-order valence-electron chi connectivity index (χ4n) is 2.75. The van der Waals surface area contributed by atoms with Gasteiger partial charge in [0.1, 0.15) is 6.61 Å². The SMILES string of the molecule is C#Cc1ccc(C(=O)NC(COC(=O)Nc2ccc(Cl)c(Cl)c2)c2ccccc2)cc1. The van der Waals surface area contributed by atoms with Crippen molar-refractivity contribution in [1.29, 1.82) is 0 Å². The summed E-state index contributed by atoms with van der Waals surface area (Å²) in [4.78, 5) is 24.9. The number of hydrogen-bond acceptors (Lipinski definition) is 3. The van der Waals surface area contributed by atoms with E-state index < -0.39 is 12.1 Å². The number of ether oxygens (including phenoxy) is 1. The van der Waals surface area contributed by atoms with Crippen molar-refractivity contribution in [2.75, 3.05) is 11.9 Å². The molecule has 1 unspecified atom stereocenters. The second-order valence-electron chi connectivity index (χ2n) is 6.51. The highest BCUT2D eigenvalue weighted by atomic mass is 35.5. The Morgan fingerprint density at radius 3 is 2.32 bits per heavy atom. The molecule has 0 saturated heterocycles. The van der Waals surface area contributed by atoms with Gasteiger partial charge in [-0.3, -0.25) is 10.1 Å². The highest BCUT2D eigenvalue weighted by Crippen LogP contribution is 2.25. The Morgan fingerprint density at radius 1 is 0.968 bits per heavy atom. The standard InChI is InChI=1S/C24H18Cl2N2O3/c1-2-16-8-10-18(11-9-16)23(29)28-22(17-6-4-3-5-7-17)15-31-24(30)27-19-12-13-20(25)21(26)14-19/h1,3-14,22H,15H2,(H,27,30)(H,28,29). The van der Waals surface area contributed by atoms with E-state index in [2.05, 4.69) is 16.6 Å². The Hall–Kier alpha value is -3.46. The molecule has 0 saturated carbocycles. The number of carbonyl (C=O) groups is 2. The number of benzene rings is 3. The van der Waals surface area contributed by atoms with E-state index in [0.29, 0.717) is 26.9 Å². The number of nitrogens with one attached hydrogen (secondary N) is 2. The summed E-state index contributed by atoms with van der Waals surface area (Å²) in [5.74, 6) is 2.19. The summed E-state index contributed by atoms with van der Waals surface area (Å²) in [6, 6.07) is 20.0. The minimum absolute atomic E-state index is 0.0780. The van der Waals surface area contributed by atoms with Gasteiger partial charge in [0.25, 0.3) is 5.91 Å². The highest BCUT2D eigenvalue weighted by Gasteiger charge is 2.18. The molecule has 0 aliphatic heterocycles. The summed E-state index contributed by atoms with van der Waals surface area (Å²) in [6.07, 6.45) is 4.66. The summed E-state index contributed by atoms with van der Waals surface area (Å²) in [5, 5.41) is 6.15. The molecule has 0 aliphatic carbocycles. The zero-order valence-corrected chi connectivity index (χ0v) is 17.8. The van der Waals surface area contributed by atoms with Gasteiger partial charge in [0, 0.05) is 16.8 Å². The Labute approximate surface area is 190 Å². The van der Waals surface area contributed by atoms with Crippen LogP contribution < -0.4 is 10.6 Å². The number of rotatable bonds is 6. The molecule has 7 heteroatoms. The zero-order chi connectivity index (χ0) is 22.2. The predicted octanol–water partition coefficient (Wildman–Crippen LogP) is 5.69. The van der Waals surface area contributed by atoms with Crippen LogP contribution in [0.3, 0.4) is 0 Å². The first-order chi connectivity index (χ1) is 15.0. The van der Waals surface area contributed by atoms with Gasteiger partial charge in [0.05, 0.1) is 16.1 Å². The van der Waals surface area contributed by atoms with Crippen molar-refractivity contribution in [3.05, 3.63) is 99.5 Å². The lowest BCUT2D eigenvalue weighted by Crippen LogP contribution is -2.32. The Morgan fingerprint density at radius 2 is 1.68 bits per heavy atom. The zero-order valence-electron chi connectivity index (χ0n) is 16.3. The molecule has 156 valence electrons. The van der Waals surface area contributed by atoms with E-state index in [1.54, 1.807) is 36.4 Å². The number of terminal acetylenes is 1. The van der Waals surface area contributed by atoms with Crippen LogP contribution in [-0.2, 0) is 4.74 Å². The lowest BCUT2D eigenvalue weighted by Gasteiger charge is -2.19. The maximum absolute atomic E-state index is 12.7. The first-order valence-corrected chi connectivity index (χ1v) is 10.0. The molecule has 0 heterocycles. The second kappa shape index (κ2) is 10.5. The molecule has 31 heavy (non-hydrogen) atoms. The van der Waals surface area contributed by atoms with Crippen LogP contribution in [0.25, 0.3) is 0 Å². The maximum Gasteiger partial charge on any atom is 0.411 e. The molecular weight excluding hydrogens is 435 g/mol. The molecular formula is C24H18Cl2N2O3. The molecule has 3 aromatic rings. The molecule has 0 fully saturated rings. The molecule has 2 N–H and O–H groups in total. The average molecular weight is 453 g/mol. The number of halogens is 2. The number of hydrogen-bond donors (Lipinski definition) is 2. The second-order valence-corrected chi connectivity index (χ2v) is 7.33. The maximum atomic E-state index is 12.7. The van der Waals surface area contributed by atoms with Crippen LogP contribution in [0.5, 0.6) is 0 Å². The van der Waals surface area contributed by atoms with Crippen molar-refractivity contribution < 1.29 is 14.3 Å². The van der Waals surface area contributed by atoms with Crippen molar-refractivity contribution in [1.82, 2.24) is 5.32 Å². The normalized spacial score (nSPS) is 11.1. The fraction of sp³-hybridized carbons (Fsp3) is 0.0833. The first kappa shape index (κ1) is 22.2. The topological polar surface area (TPSA) is 67.4 Å². The average Bonchev–Trinajstić information content (AvgIpc) is 2.79. The van der Waals surface area contributed by atoms with Crippen LogP contribution >= 0.6 is 23.2 Å². The molecule has 0 aliphatic rings. The first-order valence-electron chi connectivity index (χ1n) is 9.27. The molecule has 2 amide bonds. The number of amides is 2. The molecule has 0 spiro atoms. The van der Waals surface area contributed by atoms with Crippen molar-refractivity contribution in [3.63, 3.8) is 0 Å². The summed E-state index contributed by atoms with van der Waals surface area (Å²) < 4.78 is 5.34. The summed E-state index contributed by atoms with van der Waals surface area (Å²) in [5.41, 5.74) is 2.35. The molecule has 3 rings (SSSR count). The van der Waals surface area contributed by atoms with Gasteiger partial charge in [-0.25, -0.2) is 4.79 Å². The van der Waals surface area contributed by atoms with Gasteiger partial charge in [-0.1, -0.05) is 59.5 Å². The van der Waals surface area contributed by atoms with Gasteiger partial charge in [-0.15, -0.1) is 6.42 Å². The highest BCUT2D eigenvalue weighted by molar-refractivity contribution is 6.42. The van der Waals surface area contributed by atoms with Crippen LogP contribution in [0.4, 0.5) is 10.5 Å². The molecule has 5 nitrogen and oxygen atoms in total. The van der Waals surface area contributed by atoms with E-state index in [1.165, 1.54) is 6.07 Å². The van der Waals surface area contributed by atoms with Crippen LogP contribution in [0.1, 0.15) is 27.5 Å². The third kappa shape index (κ3) is 6.26. The lowest BCUT2D eigenvalue weighted by molar-refractivity contribution is 0.0901. The largest absolute Gasteiger partial charge is 0.447 e. The smallest absolute Gasteiger partial charge is 0.411 e. The third-order valence-corrected chi connectivity index (χ3v) is 5.11. The molecule has 3 aromatic carbocycles. The van der Waals surface area contributed by atoms with Crippen molar-refractivity contribution in [2.24, 2.45) is 0 Å². The van der Waals surface area contributed by atoms with Crippen molar-refractivity contribution in [2.45, 2.75) is 6.04 Å². The third-order valence-electron chi connectivity index (χ3n) is 4.37. The minimum Gasteiger partial charge on any atom is -0.447 e. The Balaban J connectivity index is 1.67. The molecule has 1 atom stereocenters. The Bertz CT molecular complexity index is 1110. The van der Waals surface area contributed by atoms with E-state index in [0.717, 1.165) is 5.56 Å². The molecule has 0 bridgehead atoms. The van der Waals surface area contributed by atoms with Gasteiger partial charge >= 0.3 is 6.09 Å². The van der Waals surface area contributed by atoms with Gasteiger partial charge in [0.15, 0.2) is 0 Å². The fourth-order valence-corrected chi connectivity index (χ4v) is 3.05. The van der Waals surface area contributed by atoms with Gasteiger partial charge < -0.3 is 10.1 Å². The van der Waals surface area contributed by atoms with Gasteiger partial charge in [-0.2, -0.15) is 0 Å². The van der Waals surface area contributed by atoms with E-state index >= 15 is 0 Å². The van der Waals surface area contributed by atoms with Crippen LogP contribution in [-0.4, -0.2) is 18.6 Å². The summed E-state index contributed by atoms with van der Waals surface area (Å²) in [7, 11) is 0. The minimum atomic E-state index is -0.688. The van der Waals surface area contributed by atoms with Crippen molar-refractivity contribution >= 4 is 40.9 Å².